The largest absolute Gasteiger partial charge is 0.466 e. The van der Waals surface area contributed by atoms with Gasteiger partial charge in [0, 0.05) is 15.8 Å². The molecule has 3 rings (SSSR count). The van der Waals surface area contributed by atoms with Crippen LogP contribution in [0.15, 0.2) is 51.0 Å². The molecule has 3 heterocycles. The number of thiophene rings is 2. The molecule has 0 aliphatic carbocycles. The van der Waals surface area contributed by atoms with Crippen LogP contribution in [0.3, 0.4) is 0 Å². The van der Waals surface area contributed by atoms with Crippen LogP contribution in [0.5, 0.6) is 0 Å². The number of hydrogen-bond donors (Lipinski definition) is 0. The van der Waals surface area contributed by atoms with E-state index >= 15 is 0 Å². The van der Waals surface area contributed by atoms with Gasteiger partial charge in [0.05, 0.1) is 25.1 Å². The zero-order chi connectivity index (χ0) is 16.9. The zero-order valence-electron chi connectivity index (χ0n) is 12.8. The molecule has 8 heteroatoms. The Morgan fingerprint density at radius 3 is 2.58 bits per heavy atom. The molecule has 1 saturated heterocycles. The topological polar surface area (TPSA) is 59.0 Å². The molecule has 0 spiro atoms. The number of amidine groups is 1. The van der Waals surface area contributed by atoms with E-state index in [1.54, 1.807) is 27.6 Å². The third-order valence-corrected chi connectivity index (χ3v) is 5.95. The Labute approximate surface area is 151 Å². The zero-order valence-corrected chi connectivity index (χ0v) is 15.2. The molecule has 0 bridgehead atoms. The predicted molar refractivity (Wildman–Crippen MR) is 98.0 cm³/mol. The smallest absolute Gasteiger partial charge is 0.331 e. The molecule has 1 aliphatic rings. The number of carbonyl (C=O) groups excluding carboxylic acids is 2. The van der Waals surface area contributed by atoms with Crippen molar-refractivity contribution in [2.75, 3.05) is 7.11 Å². The minimum atomic E-state index is -0.540. The molecule has 1 aliphatic heterocycles. The van der Waals surface area contributed by atoms with Crippen molar-refractivity contribution in [1.82, 2.24) is 4.90 Å². The summed E-state index contributed by atoms with van der Waals surface area (Å²) < 4.78 is 4.62. The monoisotopic (exact) mass is 378 g/mol. The maximum Gasteiger partial charge on any atom is 0.331 e. The van der Waals surface area contributed by atoms with E-state index < -0.39 is 5.97 Å². The summed E-state index contributed by atoms with van der Waals surface area (Å²) in [4.78, 5) is 32.8. The summed E-state index contributed by atoms with van der Waals surface area (Å²) in [6.45, 7) is 0.963. The van der Waals surface area contributed by atoms with Crippen molar-refractivity contribution in [2.45, 2.75) is 13.1 Å². The molecule has 0 aromatic carbocycles. The normalized spacial score (nSPS) is 17.9. The van der Waals surface area contributed by atoms with Crippen molar-refractivity contribution >= 4 is 51.5 Å². The second kappa shape index (κ2) is 7.78. The van der Waals surface area contributed by atoms with Gasteiger partial charge < -0.3 is 4.74 Å². The lowest BCUT2D eigenvalue weighted by Crippen LogP contribution is -2.28. The van der Waals surface area contributed by atoms with Crippen LogP contribution in [-0.2, 0) is 27.4 Å². The fourth-order valence-electron chi connectivity index (χ4n) is 2.04. The number of ether oxygens (including phenoxy) is 1. The van der Waals surface area contributed by atoms with E-state index in [-0.39, 0.29) is 5.91 Å². The Morgan fingerprint density at radius 1 is 1.25 bits per heavy atom. The molecule has 0 unspecified atom stereocenters. The van der Waals surface area contributed by atoms with Crippen LogP contribution in [0.25, 0.3) is 0 Å². The summed E-state index contributed by atoms with van der Waals surface area (Å²) in [5.74, 6) is -0.759. The number of carbonyl (C=O) groups is 2. The molecule has 0 N–H and O–H groups in total. The Kier molecular flexibility index (Phi) is 5.49. The maximum absolute atomic E-state index is 12.6. The summed E-state index contributed by atoms with van der Waals surface area (Å²) in [6, 6.07) is 7.90. The summed E-state index contributed by atoms with van der Waals surface area (Å²) >= 11 is 4.41. The molecule has 5 nitrogen and oxygen atoms in total. The number of aliphatic imine (C=N–C) groups is 1. The average Bonchev–Trinajstić information content (AvgIpc) is 3.32. The van der Waals surface area contributed by atoms with E-state index in [1.807, 2.05) is 35.0 Å². The highest BCUT2D eigenvalue weighted by atomic mass is 32.2. The Morgan fingerprint density at radius 2 is 1.96 bits per heavy atom. The summed E-state index contributed by atoms with van der Waals surface area (Å²) in [5.41, 5.74) is 0. The van der Waals surface area contributed by atoms with E-state index in [0.29, 0.717) is 23.2 Å². The Bertz CT molecular complexity index is 780. The number of hydrogen-bond acceptors (Lipinski definition) is 7. The second-order valence-corrected chi connectivity index (χ2v) is 7.86. The SMILES string of the molecule is COC(=O)/C=C1/SC(=NCc2cccs2)N(Cc2cccs2)C1=O. The summed E-state index contributed by atoms with van der Waals surface area (Å²) in [7, 11) is 1.29. The van der Waals surface area contributed by atoms with E-state index in [4.69, 9.17) is 0 Å². The van der Waals surface area contributed by atoms with Crippen molar-refractivity contribution in [3.63, 3.8) is 0 Å². The quantitative estimate of drug-likeness (QED) is 0.590. The fourth-order valence-corrected chi connectivity index (χ4v) is 4.29. The third-order valence-electron chi connectivity index (χ3n) is 3.18. The number of nitrogens with zero attached hydrogens (tertiary/aromatic N) is 2. The number of methoxy groups -OCH3 is 1. The van der Waals surface area contributed by atoms with Crippen molar-refractivity contribution in [3.8, 4) is 0 Å². The van der Waals surface area contributed by atoms with E-state index in [9.17, 15) is 9.59 Å². The van der Waals surface area contributed by atoms with Gasteiger partial charge in [-0.3, -0.25) is 14.7 Å². The number of rotatable bonds is 5. The van der Waals surface area contributed by atoms with Crippen LogP contribution < -0.4 is 0 Å². The van der Waals surface area contributed by atoms with Gasteiger partial charge in [-0.2, -0.15) is 0 Å². The van der Waals surface area contributed by atoms with Gasteiger partial charge in [0.1, 0.15) is 0 Å². The van der Waals surface area contributed by atoms with Gasteiger partial charge in [-0.25, -0.2) is 4.79 Å². The van der Waals surface area contributed by atoms with Gasteiger partial charge in [0.2, 0.25) is 0 Å². The molecule has 0 atom stereocenters. The van der Waals surface area contributed by atoms with Crippen LogP contribution in [0.4, 0.5) is 0 Å². The molecule has 1 amide bonds. The third kappa shape index (κ3) is 3.95. The fraction of sp³-hybridized carbons (Fsp3) is 0.188. The van der Waals surface area contributed by atoms with Crippen LogP contribution in [0.2, 0.25) is 0 Å². The predicted octanol–water partition coefficient (Wildman–Crippen LogP) is 3.50. The van der Waals surface area contributed by atoms with Crippen LogP contribution in [0, 0.1) is 0 Å². The standard InChI is InChI=1S/C16H14N2O3S3/c1-21-14(19)8-13-15(20)18(10-12-5-3-7-23-12)16(24-13)17-9-11-4-2-6-22-11/h2-8H,9-10H2,1H3/b13-8+,17-16?. The first-order valence-electron chi connectivity index (χ1n) is 7.06. The lowest BCUT2D eigenvalue weighted by Gasteiger charge is -2.14. The molecule has 124 valence electrons. The van der Waals surface area contributed by atoms with Crippen LogP contribution in [0.1, 0.15) is 9.75 Å². The molecule has 24 heavy (non-hydrogen) atoms. The highest BCUT2D eigenvalue weighted by molar-refractivity contribution is 8.18. The van der Waals surface area contributed by atoms with Crippen molar-refractivity contribution in [1.29, 1.82) is 0 Å². The molecule has 2 aromatic rings. The minimum absolute atomic E-state index is 0.219. The minimum Gasteiger partial charge on any atom is -0.466 e. The lowest BCUT2D eigenvalue weighted by atomic mass is 10.4. The van der Waals surface area contributed by atoms with Gasteiger partial charge in [-0.15, -0.1) is 22.7 Å². The molecule has 2 aromatic heterocycles. The average molecular weight is 379 g/mol. The van der Waals surface area contributed by atoms with Crippen LogP contribution in [-0.4, -0.2) is 29.1 Å². The van der Waals surface area contributed by atoms with Crippen LogP contribution >= 0.6 is 34.4 Å². The van der Waals surface area contributed by atoms with Gasteiger partial charge in [-0.1, -0.05) is 12.1 Å². The Balaban J connectivity index is 1.85. The van der Waals surface area contributed by atoms with Gasteiger partial charge in [-0.05, 0) is 34.7 Å². The lowest BCUT2D eigenvalue weighted by molar-refractivity contribution is -0.135. The summed E-state index contributed by atoms with van der Waals surface area (Å²) in [6.07, 6.45) is 1.22. The first-order valence-corrected chi connectivity index (χ1v) is 9.63. The number of esters is 1. The Hall–Kier alpha value is -1.90. The molecule has 0 saturated carbocycles. The summed E-state index contributed by atoms with van der Waals surface area (Å²) in [5, 5.41) is 4.57. The van der Waals surface area contributed by atoms with Crippen molar-refractivity contribution in [3.05, 3.63) is 55.8 Å². The number of amides is 1. The molecule has 0 radical (unpaired) electrons. The van der Waals surface area contributed by atoms with Gasteiger partial charge in [0.25, 0.3) is 5.91 Å². The van der Waals surface area contributed by atoms with E-state index in [2.05, 4.69) is 9.73 Å². The van der Waals surface area contributed by atoms with Gasteiger partial charge in [0.15, 0.2) is 5.17 Å². The van der Waals surface area contributed by atoms with E-state index in [1.165, 1.54) is 24.9 Å². The molecular formula is C16H14N2O3S3. The first-order chi connectivity index (χ1) is 11.7. The first kappa shape index (κ1) is 16.9. The highest BCUT2D eigenvalue weighted by Crippen LogP contribution is 2.33. The maximum atomic E-state index is 12.6. The molecular weight excluding hydrogens is 364 g/mol. The van der Waals surface area contributed by atoms with E-state index in [0.717, 1.165) is 9.75 Å². The second-order valence-electron chi connectivity index (χ2n) is 4.78. The molecule has 1 fully saturated rings. The van der Waals surface area contributed by atoms with Crippen molar-refractivity contribution < 1.29 is 14.3 Å². The van der Waals surface area contributed by atoms with Gasteiger partial charge >= 0.3 is 5.97 Å². The highest BCUT2D eigenvalue weighted by Gasteiger charge is 2.34. The van der Waals surface area contributed by atoms with Crippen molar-refractivity contribution in [2.24, 2.45) is 4.99 Å². The number of thioether (sulfide) groups is 1.